The van der Waals surface area contributed by atoms with Crippen molar-refractivity contribution < 1.29 is 28.6 Å². The molecule has 0 radical (unpaired) electrons. The Morgan fingerprint density at radius 2 is 0.516 bits per heavy atom. The molecule has 0 saturated heterocycles. The summed E-state index contributed by atoms with van der Waals surface area (Å²) in [4.78, 5) is 38.0. The normalized spacial score (nSPS) is 12.0. The van der Waals surface area contributed by atoms with E-state index in [1.807, 2.05) is 0 Å². The van der Waals surface area contributed by atoms with Crippen molar-refractivity contribution in [2.45, 2.75) is 329 Å². The van der Waals surface area contributed by atoms with Crippen LogP contribution < -0.4 is 0 Å². The molecule has 64 heavy (non-hydrogen) atoms. The smallest absolute Gasteiger partial charge is 0.306 e. The number of carbonyl (C=O) groups is 3. The lowest BCUT2D eigenvalue weighted by atomic mass is 10.0. The molecule has 0 aliphatic rings. The highest BCUT2D eigenvalue weighted by molar-refractivity contribution is 5.71. The van der Waals surface area contributed by atoms with E-state index in [4.69, 9.17) is 14.2 Å². The van der Waals surface area contributed by atoms with E-state index in [9.17, 15) is 14.4 Å². The molecule has 0 fully saturated rings. The number of ether oxygens (including phenoxy) is 3. The zero-order valence-corrected chi connectivity index (χ0v) is 43.3. The second-order valence-corrected chi connectivity index (χ2v) is 19.6. The summed E-state index contributed by atoms with van der Waals surface area (Å²) in [6.45, 7) is 6.65. The van der Waals surface area contributed by atoms with Gasteiger partial charge in [0.2, 0.25) is 0 Å². The predicted octanol–water partition coefficient (Wildman–Crippen LogP) is 18.9. The van der Waals surface area contributed by atoms with Crippen LogP contribution in [0.15, 0.2) is 12.2 Å². The molecule has 0 heterocycles. The topological polar surface area (TPSA) is 78.9 Å². The molecular weight excluding hydrogens is 793 g/mol. The van der Waals surface area contributed by atoms with E-state index in [0.29, 0.717) is 19.3 Å². The summed E-state index contributed by atoms with van der Waals surface area (Å²) in [5.74, 6) is -0.859. The third-order valence-electron chi connectivity index (χ3n) is 13.0. The minimum atomic E-state index is -0.767. The molecule has 6 heteroatoms. The van der Waals surface area contributed by atoms with Gasteiger partial charge in [0.05, 0.1) is 0 Å². The average molecular weight is 904 g/mol. The number of hydrogen-bond donors (Lipinski definition) is 0. The van der Waals surface area contributed by atoms with Gasteiger partial charge in [-0.05, 0) is 44.9 Å². The Balaban J connectivity index is 4.16. The molecule has 6 nitrogen and oxygen atoms in total. The van der Waals surface area contributed by atoms with Crippen molar-refractivity contribution in [3.05, 3.63) is 12.2 Å². The summed E-state index contributed by atoms with van der Waals surface area (Å²) in [6.07, 6.45) is 60.8. The van der Waals surface area contributed by atoms with Gasteiger partial charge in [-0.15, -0.1) is 0 Å². The fourth-order valence-electron chi connectivity index (χ4n) is 8.68. The monoisotopic (exact) mass is 903 g/mol. The molecule has 0 saturated carbocycles. The molecule has 0 rings (SSSR count). The Morgan fingerprint density at radius 1 is 0.297 bits per heavy atom. The van der Waals surface area contributed by atoms with Gasteiger partial charge in [0, 0.05) is 19.3 Å². The summed E-state index contributed by atoms with van der Waals surface area (Å²) < 4.78 is 16.8. The van der Waals surface area contributed by atoms with Crippen LogP contribution in [-0.2, 0) is 28.6 Å². The highest BCUT2D eigenvalue weighted by atomic mass is 16.6. The Morgan fingerprint density at radius 3 is 0.781 bits per heavy atom. The predicted molar refractivity (Wildman–Crippen MR) is 275 cm³/mol. The lowest BCUT2D eigenvalue weighted by Gasteiger charge is -2.18. The van der Waals surface area contributed by atoms with Crippen LogP contribution in [0.2, 0.25) is 0 Å². The van der Waals surface area contributed by atoms with Crippen LogP contribution in [0.25, 0.3) is 0 Å². The van der Waals surface area contributed by atoms with E-state index < -0.39 is 6.10 Å². The fraction of sp³-hybridized carbons (Fsp3) is 0.914. The first-order valence-electron chi connectivity index (χ1n) is 28.7. The molecule has 0 amide bonds. The van der Waals surface area contributed by atoms with Crippen molar-refractivity contribution in [1.82, 2.24) is 0 Å². The quantitative estimate of drug-likeness (QED) is 0.0262. The van der Waals surface area contributed by atoms with Crippen LogP contribution in [0.4, 0.5) is 0 Å². The summed E-state index contributed by atoms with van der Waals surface area (Å²) in [6, 6.07) is 0. The first-order chi connectivity index (χ1) is 31.5. The van der Waals surface area contributed by atoms with Crippen molar-refractivity contribution in [3.63, 3.8) is 0 Å². The Bertz CT molecular complexity index is 993. The van der Waals surface area contributed by atoms with Gasteiger partial charge in [-0.1, -0.05) is 270 Å². The van der Waals surface area contributed by atoms with Gasteiger partial charge in [0.25, 0.3) is 0 Å². The summed E-state index contributed by atoms with van der Waals surface area (Å²) in [5, 5.41) is 0. The van der Waals surface area contributed by atoms with Crippen LogP contribution in [0.5, 0.6) is 0 Å². The number of rotatable bonds is 53. The Kier molecular flexibility index (Phi) is 52.2. The van der Waals surface area contributed by atoms with Crippen LogP contribution in [0, 0.1) is 0 Å². The van der Waals surface area contributed by atoms with E-state index >= 15 is 0 Å². The fourth-order valence-corrected chi connectivity index (χ4v) is 8.68. The van der Waals surface area contributed by atoms with E-state index in [0.717, 1.165) is 64.2 Å². The van der Waals surface area contributed by atoms with Crippen LogP contribution in [0.3, 0.4) is 0 Å². The third kappa shape index (κ3) is 51.1. The molecule has 0 aromatic carbocycles. The number of carbonyl (C=O) groups excluding carboxylic acids is 3. The molecule has 0 N–H and O–H groups in total. The van der Waals surface area contributed by atoms with Crippen molar-refractivity contribution in [3.8, 4) is 0 Å². The molecule has 0 aromatic rings. The van der Waals surface area contributed by atoms with E-state index in [2.05, 4.69) is 32.9 Å². The van der Waals surface area contributed by atoms with E-state index in [1.54, 1.807) is 0 Å². The van der Waals surface area contributed by atoms with Crippen LogP contribution in [-0.4, -0.2) is 37.2 Å². The van der Waals surface area contributed by atoms with Gasteiger partial charge >= 0.3 is 17.9 Å². The zero-order chi connectivity index (χ0) is 46.5. The first kappa shape index (κ1) is 62.1. The van der Waals surface area contributed by atoms with Gasteiger partial charge in [-0.3, -0.25) is 14.4 Å². The largest absolute Gasteiger partial charge is 0.462 e. The molecule has 0 bridgehead atoms. The Labute approximate surface area is 399 Å². The van der Waals surface area contributed by atoms with Crippen LogP contribution >= 0.6 is 0 Å². The van der Waals surface area contributed by atoms with Crippen molar-refractivity contribution in [1.29, 1.82) is 0 Å². The molecule has 1 unspecified atom stereocenters. The lowest BCUT2D eigenvalue weighted by molar-refractivity contribution is -0.167. The van der Waals surface area contributed by atoms with Crippen LogP contribution in [0.1, 0.15) is 323 Å². The average Bonchev–Trinajstić information content (AvgIpc) is 3.29. The minimum absolute atomic E-state index is 0.0680. The first-order valence-corrected chi connectivity index (χ1v) is 28.7. The van der Waals surface area contributed by atoms with E-state index in [1.165, 1.54) is 218 Å². The van der Waals surface area contributed by atoms with Gasteiger partial charge in [0.1, 0.15) is 13.2 Å². The number of esters is 3. The molecule has 378 valence electrons. The highest BCUT2D eigenvalue weighted by Gasteiger charge is 2.19. The third-order valence-corrected chi connectivity index (χ3v) is 13.0. The SMILES string of the molecule is CCCCCCC/C=C\CCCCCCCC(=O)OC(COC(=O)CCCCCCCCCCC)COC(=O)CCCCCCCCCCCCCCCCCCCCCCCCC. The maximum atomic E-state index is 12.8. The second-order valence-electron chi connectivity index (χ2n) is 19.6. The number of allylic oxidation sites excluding steroid dienone is 2. The summed E-state index contributed by atoms with van der Waals surface area (Å²) in [5.41, 5.74) is 0. The standard InChI is InChI=1S/C58H110O6/c1-4-7-10-13-16-19-21-23-25-26-27-28-29-30-31-32-33-35-36-39-42-45-48-51-57(60)63-54-55(53-62-56(59)50-47-44-41-38-18-15-12-9-6-3)64-58(61)52-49-46-43-40-37-34-24-22-20-17-14-11-8-5-2/h22,24,55H,4-21,23,25-54H2,1-3H3/b24-22-. The minimum Gasteiger partial charge on any atom is -0.462 e. The summed E-state index contributed by atoms with van der Waals surface area (Å²) >= 11 is 0. The molecule has 0 aromatic heterocycles. The molecule has 0 spiro atoms. The zero-order valence-electron chi connectivity index (χ0n) is 43.3. The summed E-state index contributed by atoms with van der Waals surface area (Å²) in [7, 11) is 0. The highest BCUT2D eigenvalue weighted by Crippen LogP contribution is 2.17. The number of hydrogen-bond acceptors (Lipinski definition) is 6. The van der Waals surface area contributed by atoms with Gasteiger partial charge in [0.15, 0.2) is 6.10 Å². The van der Waals surface area contributed by atoms with Crippen molar-refractivity contribution in [2.24, 2.45) is 0 Å². The second kappa shape index (κ2) is 53.8. The van der Waals surface area contributed by atoms with Gasteiger partial charge in [-0.25, -0.2) is 0 Å². The maximum absolute atomic E-state index is 12.8. The molecule has 1 atom stereocenters. The molecular formula is C58H110O6. The van der Waals surface area contributed by atoms with Crippen molar-refractivity contribution in [2.75, 3.05) is 13.2 Å². The van der Waals surface area contributed by atoms with Gasteiger partial charge in [-0.2, -0.15) is 0 Å². The van der Waals surface area contributed by atoms with Crippen molar-refractivity contribution >= 4 is 17.9 Å². The molecule has 0 aliphatic carbocycles. The van der Waals surface area contributed by atoms with E-state index in [-0.39, 0.29) is 31.1 Å². The van der Waals surface area contributed by atoms with Gasteiger partial charge < -0.3 is 14.2 Å². The molecule has 0 aliphatic heterocycles. The Hall–Kier alpha value is -1.85. The lowest BCUT2D eigenvalue weighted by Crippen LogP contribution is -2.30. The number of unbranched alkanes of at least 4 members (excludes halogenated alkanes) is 40. The maximum Gasteiger partial charge on any atom is 0.306 e.